The number of nitriles is 1. The summed E-state index contributed by atoms with van der Waals surface area (Å²) in [5.41, 5.74) is -0.242. The summed E-state index contributed by atoms with van der Waals surface area (Å²) in [5.74, 6) is 0.750. The van der Waals surface area contributed by atoms with E-state index < -0.39 is 0 Å². The van der Waals surface area contributed by atoms with Crippen molar-refractivity contribution < 1.29 is 0 Å². The fraction of sp³-hybridized carbons (Fsp3) is 0.938. The average Bonchev–Trinajstić information content (AvgIpc) is 3.22. The summed E-state index contributed by atoms with van der Waals surface area (Å²) in [6, 6.07) is 3.80. The van der Waals surface area contributed by atoms with Gasteiger partial charge in [-0.05, 0) is 51.5 Å². The molecule has 3 heteroatoms. The summed E-state index contributed by atoms with van der Waals surface area (Å²) in [6.45, 7) is 5.74. The van der Waals surface area contributed by atoms with Crippen molar-refractivity contribution in [3.8, 4) is 6.07 Å². The number of rotatable bonds is 6. The van der Waals surface area contributed by atoms with Gasteiger partial charge in [-0.1, -0.05) is 20.3 Å². The van der Waals surface area contributed by atoms with Crippen molar-refractivity contribution in [1.82, 2.24) is 10.2 Å². The second-order valence-corrected chi connectivity index (χ2v) is 6.82. The molecule has 0 amide bonds. The lowest BCUT2D eigenvalue weighted by Crippen LogP contribution is -2.53. The first kappa shape index (κ1) is 14.8. The van der Waals surface area contributed by atoms with Crippen LogP contribution in [0.5, 0.6) is 0 Å². The van der Waals surface area contributed by atoms with Gasteiger partial charge in [0.2, 0.25) is 0 Å². The maximum atomic E-state index is 9.61. The van der Waals surface area contributed by atoms with Gasteiger partial charge in [0.1, 0.15) is 5.54 Å². The van der Waals surface area contributed by atoms with Crippen molar-refractivity contribution in [2.24, 2.45) is 5.92 Å². The molecule has 0 heterocycles. The first-order valence-corrected chi connectivity index (χ1v) is 7.97. The van der Waals surface area contributed by atoms with E-state index in [0.29, 0.717) is 12.1 Å². The second kappa shape index (κ2) is 6.24. The molecule has 2 rings (SSSR count). The van der Waals surface area contributed by atoms with E-state index in [1.54, 1.807) is 0 Å². The third kappa shape index (κ3) is 3.94. The van der Waals surface area contributed by atoms with Crippen molar-refractivity contribution >= 4 is 0 Å². The summed E-state index contributed by atoms with van der Waals surface area (Å²) in [6.07, 6.45) is 8.24. The molecule has 19 heavy (non-hydrogen) atoms. The van der Waals surface area contributed by atoms with Gasteiger partial charge >= 0.3 is 0 Å². The summed E-state index contributed by atoms with van der Waals surface area (Å²) in [5, 5.41) is 13.2. The molecule has 0 aromatic heterocycles. The van der Waals surface area contributed by atoms with Gasteiger partial charge in [-0.25, -0.2) is 0 Å². The van der Waals surface area contributed by atoms with E-state index in [1.165, 1.54) is 32.1 Å². The van der Waals surface area contributed by atoms with Crippen LogP contribution in [0, 0.1) is 17.2 Å². The highest BCUT2D eigenvalue weighted by atomic mass is 15.1. The van der Waals surface area contributed by atoms with Crippen LogP contribution < -0.4 is 5.32 Å². The Balaban J connectivity index is 1.93. The normalized spacial score (nSPS) is 33.1. The van der Waals surface area contributed by atoms with Gasteiger partial charge in [0.25, 0.3) is 0 Å². The molecule has 3 atom stereocenters. The molecule has 2 fully saturated rings. The van der Waals surface area contributed by atoms with Crippen molar-refractivity contribution in [3.63, 3.8) is 0 Å². The highest BCUT2D eigenvalue weighted by molar-refractivity contribution is 5.13. The summed E-state index contributed by atoms with van der Waals surface area (Å²) in [7, 11) is 2.24. The Hall–Kier alpha value is -0.590. The summed E-state index contributed by atoms with van der Waals surface area (Å²) >= 11 is 0. The van der Waals surface area contributed by atoms with E-state index in [0.717, 1.165) is 25.3 Å². The standard InChI is InChI=1S/C16H29N3/c1-4-13(2)11-19(3)15-6-5-9-16(10-15,12-17)18-14-7-8-14/h13-15,18H,4-11H2,1-3H3. The van der Waals surface area contributed by atoms with E-state index in [9.17, 15) is 5.26 Å². The van der Waals surface area contributed by atoms with E-state index in [2.05, 4.69) is 37.2 Å². The van der Waals surface area contributed by atoms with Crippen LogP contribution in [-0.2, 0) is 0 Å². The van der Waals surface area contributed by atoms with Crippen molar-refractivity contribution in [1.29, 1.82) is 5.26 Å². The molecule has 2 aliphatic carbocycles. The zero-order chi connectivity index (χ0) is 13.9. The third-order valence-electron chi connectivity index (χ3n) is 4.92. The fourth-order valence-corrected chi connectivity index (χ4v) is 3.28. The van der Waals surface area contributed by atoms with Crippen molar-refractivity contribution in [3.05, 3.63) is 0 Å². The van der Waals surface area contributed by atoms with Crippen molar-refractivity contribution in [2.45, 2.75) is 76.4 Å². The smallest absolute Gasteiger partial charge is 0.108 e. The van der Waals surface area contributed by atoms with Crippen LogP contribution in [0.25, 0.3) is 0 Å². The second-order valence-electron chi connectivity index (χ2n) is 6.82. The number of nitrogens with one attached hydrogen (secondary N) is 1. The molecule has 0 saturated heterocycles. The van der Waals surface area contributed by atoms with Crippen LogP contribution in [0.3, 0.4) is 0 Å². The lowest BCUT2D eigenvalue weighted by molar-refractivity contribution is 0.129. The van der Waals surface area contributed by atoms with Crippen LogP contribution in [0.1, 0.15) is 58.8 Å². The molecule has 0 spiro atoms. The van der Waals surface area contributed by atoms with Crippen LogP contribution in [0.2, 0.25) is 0 Å². The molecular formula is C16H29N3. The molecule has 0 aliphatic heterocycles. The number of nitrogens with zero attached hydrogens (tertiary/aromatic N) is 2. The molecule has 3 unspecified atom stereocenters. The Labute approximate surface area is 118 Å². The molecule has 0 aromatic carbocycles. The predicted molar refractivity (Wildman–Crippen MR) is 78.8 cm³/mol. The number of hydrogen-bond donors (Lipinski definition) is 1. The minimum absolute atomic E-state index is 0.242. The largest absolute Gasteiger partial charge is 0.303 e. The van der Waals surface area contributed by atoms with Gasteiger partial charge in [-0.3, -0.25) is 5.32 Å². The number of hydrogen-bond acceptors (Lipinski definition) is 3. The van der Waals surface area contributed by atoms with Crippen molar-refractivity contribution in [2.75, 3.05) is 13.6 Å². The Morgan fingerprint density at radius 2 is 2.16 bits per heavy atom. The van der Waals surface area contributed by atoms with E-state index in [-0.39, 0.29) is 5.54 Å². The van der Waals surface area contributed by atoms with Crippen LogP contribution in [0.15, 0.2) is 0 Å². The van der Waals surface area contributed by atoms with Crippen LogP contribution >= 0.6 is 0 Å². The van der Waals surface area contributed by atoms with Gasteiger partial charge < -0.3 is 4.90 Å². The van der Waals surface area contributed by atoms with Gasteiger partial charge in [0.05, 0.1) is 6.07 Å². The molecule has 1 N–H and O–H groups in total. The summed E-state index contributed by atoms with van der Waals surface area (Å²) in [4.78, 5) is 2.49. The van der Waals surface area contributed by atoms with Gasteiger partial charge in [-0.15, -0.1) is 0 Å². The highest BCUT2D eigenvalue weighted by Crippen LogP contribution is 2.34. The molecule has 108 valence electrons. The topological polar surface area (TPSA) is 39.1 Å². The van der Waals surface area contributed by atoms with Gasteiger partial charge in [0, 0.05) is 18.6 Å². The quantitative estimate of drug-likeness (QED) is 0.801. The molecule has 0 bridgehead atoms. The minimum atomic E-state index is -0.242. The minimum Gasteiger partial charge on any atom is -0.303 e. The SMILES string of the molecule is CCC(C)CN(C)C1CCCC(C#N)(NC2CC2)C1. The van der Waals surface area contributed by atoms with Crippen LogP contribution in [0.4, 0.5) is 0 Å². The predicted octanol–water partition coefficient (Wildman–Crippen LogP) is 2.92. The zero-order valence-corrected chi connectivity index (χ0v) is 12.8. The molecule has 3 nitrogen and oxygen atoms in total. The molecule has 2 saturated carbocycles. The lowest BCUT2D eigenvalue weighted by Gasteiger charge is -2.41. The lowest BCUT2D eigenvalue weighted by atomic mass is 9.79. The third-order valence-corrected chi connectivity index (χ3v) is 4.92. The van der Waals surface area contributed by atoms with Gasteiger partial charge in [-0.2, -0.15) is 5.26 Å². The van der Waals surface area contributed by atoms with E-state index >= 15 is 0 Å². The molecule has 0 aromatic rings. The van der Waals surface area contributed by atoms with E-state index in [4.69, 9.17) is 0 Å². The summed E-state index contributed by atoms with van der Waals surface area (Å²) < 4.78 is 0. The Morgan fingerprint density at radius 1 is 1.42 bits per heavy atom. The maximum absolute atomic E-state index is 9.61. The Bertz CT molecular complexity index is 331. The fourth-order valence-electron chi connectivity index (χ4n) is 3.28. The Morgan fingerprint density at radius 3 is 2.74 bits per heavy atom. The first-order chi connectivity index (χ1) is 9.08. The van der Waals surface area contributed by atoms with Crippen LogP contribution in [-0.4, -0.2) is 36.1 Å². The van der Waals surface area contributed by atoms with Gasteiger partial charge in [0.15, 0.2) is 0 Å². The highest BCUT2D eigenvalue weighted by Gasteiger charge is 2.41. The molecule has 2 aliphatic rings. The monoisotopic (exact) mass is 263 g/mol. The average molecular weight is 263 g/mol. The zero-order valence-electron chi connectivity index (χ0n) is 12.8. The first-order valence-electron chi connectivity index (χ1n) is 7.97. The maximum Gasteiger partial charge on any atom is 0.108 e. The van der Waals surface area contributed by atoms with E-state index in [1.807, 2.05) is 0 Å². The Kier molecular flexibility index (Phi) is 4.86. The molecule has 0 radical (unpaired) electrons. The molecular weight excluding hydrogens is 234 g/mol.